The molecule has 0 aliphatic carbocycles. The number of hydrogen-bond donors (Lipinski definition) is 9. The van der Waals surface area contributed by atoms with Gasteiger partial charge in [0.2, 0.25) is 5.95 Å². The van der Waals surface area contributed by atoms with Gasteiger partial charge < -0.3 is 46.2 Å². The number of H-pyrrole nitrogens is 1. The normalized spacial score (nSPS) is 20.3. The smallest absolute Gasteiger partial charge is 0.336 e. The van der Waals surface area contributed by atoms with Gasteiger partial charge in [-0.1, -0.05) is 0 Å². The second-order valence-electron chi connectivity index (χ2n) is 7.00. The number of aromatic hydroxyl groups is 1. The number of anilines is 1. The number of rotatable bonds is 7. The van der Waals surface area contributed by atoms with E-state index in [2.05, 4.69) is 15.0 Å². The molecule has 3 rings (SSSR count). The fourth-order valence-electron chi connectivity index (χ4n) is 3.01. The van der Waals surface area contributed by atoms with Gasteiger partial charge in [-0.2, -0.15) is 9.97 Å². The molecule has 1 saturated heterocycles. The van der Waals surface area contributed by atoms with Gasteiger partial charge in [0.05, 0.1) is 25.6 Å². The third kappa shape index (κ3) is 5.71. The van der Waals surface area contributed by atoms with Crippen LogP contribution in [-0.4, -0.2) is 97.6 Å². The number of aliphatic hydroxyl groups is 3. The van der Waals surface area contributed by atoms with Crippen LogP contribution < -0.4 is 11.3 Å². The predicted molar refractivity (Wildman–Crippen MR) is 103 cm³/mol. The van der Waals surface area contributed by atoms with Crippen LogP contribution >= 0.6 is 0 Å². The Balaban J connectivity index is 0.000000260. The van der Waals surface area contributed by atoms with Crippen LogP contribution in [-0.2, 0) is 19.1 Å². The lowest BCUT2D eigenvalue weighted by Gasteiger charge is -2.18. The molecule has 17 nitrogen and oxygen atoms in total. The van der Waals surface area contributed by atoms with Gasteiger partial charge in [0, 0.05) is 6.42 Å². The lowest BCUT2D eigenvalue weighted by atomic mass is 9.96. The van der Waals surface area contributed by atoms with Crippen molar-refractivity contribution in [3.63, 3.8) is 0 Å². The number of aromatic amines is 1. The zero-order valence-corrected chi connectivity index (χ0v) is 16.7. The second-order valence-corrected chi connectivity index (χ2v) is 7.00. The van der Waals surface area contributed by atoms with Gasteiger partial charge >= 0.3 is 17.9 Å². The van der Waals surface area contributed by atoms with Gasteiger partial charge in [-0.15, -0.1) is 0 Å². The maximum Gasteiger partial charge on any atom is 0.336 e. The Morgan fingerprint density at radius 1 is 1.18 bits per heavy atom. The van der Waals surface area contributed by atoms with Crippen LogP contribution in [0.4, 0.5) is 5.95 Å². The highest BCUT2D eigenvalue weighted by Gasteiger charge is 2.41. The molecule has 0 bridgehead atoms. The first-order valence-corrected chi connectivity index (χ1v) is 9.09. The van der Waals surface area contributed by atoms with Gasteiger partial charge in [-0.3, -0.25) is 23.9 Å². The Labute approximate surface area is 182 Å². The van der Waals surface area contributed by atoms with Crippen molar-refractivity contribution in [1.82, 2.24) is 19.5 Å². The number of carbonyl (C=O) groups is 3. The molecule has 1 aliphatic rings. The van der Waals surface area contributed by atoms with Crippen LogP contribution in [0.1, 0.15) is 25.5 Å². The molecule has 0 unspecified atom stereocenters. The summed E-state index contributed by atoms with van der Waals surface area (Å²) < 4.78 is 6.57. The standard InChI is InChI=1S/C10H13N5O5.C6H8O7/c11-9-13-7-6(8(18)14-9)12-10(19)15(7)5-1-3(17)4(2-16)20-5;7-3(8)1-6(13,5(11)12)2-4(9)10/h3-5,16-17H,1-2H2,(H,12,19)(H3,11,13,14,18);13H,1-2H2,(H,7,8)(H,9,10)(H,11,12)/t3-,4+,5+;/m0./s1. The molecule has 1 aliphatic heterocycles. The molecule has 0 spiro atoms. The summed E-state index contributed by atoms with van der Waals surface area (Å²) in [7, 11) is 0. The van der Waals surface area contributed by atoms with Crippen molar-refractivity contribution < 1.29 is 54.9 Å². The molecular formula is C16H21N5O12. The minimum absolute atomic E-state index is 0.0551. The Kier molecular flexibility index (Phi) is 7.54. The number of imidazole rings is 1. The summed E-state index contributed by atoms with van der Waals surface area (Å²) in [5.74, 6) is -5.14. The van der Waals surface area contributed by atoms with Crippen LogP contribution in [0, 0.1) is 0 Å². The van der Waals surface area contributed by atoms with Crippen LogP contribution in [0.5, 0.6) is 6.01 Å². The zero-order chi connectivity index (χ0) is 25.1. The number of hydrogen-bond acceptors (Lipinski definition) is 12. The number of nitrogens with two attached hydrogens (primary N) is 1. The number of nitrogens with zero attached hydrogens (tertiary/aromatic N) is 3. The second kappa shape index (κ2) is 9.77. The molecule has 33 heavy (non-hydrogen) atoms. The molecule has 2 aromatic rings. The summed E-state index contributed by atoms with van der Waals surface area (Å²) in [6, 6.07) is -0.473. The minimum Gasteiger partial charge on any atom is -0.481 e. The van der Waals surface area contributed by atoms with Gasteiger partial charge in [0.1, 0.15) is 12.3 Å². The van der Waals surface area contributed by atoms with Crippen molar-refractivity contribution in [2.24, 2.45) is 0 Å². The largest absolute Gasteiger partial charge is 0.481 e. The van der Waals surface area contributed by atoms with E-state index < -0.39 is 66.4 Å². The van der Waals surface area contributed by atoms with E-state index in [9.17, 15) is 29.4 Å². The fraction of sp³-hybridized carbons (Fsp3) is 0.500. The summed E-state index contributed by atoms with van der Waals surface area (Å²) in [5.41, 5.74) is 2.11. The summed E-state index contributed by atoms with van der Waals surface area (Å²) in [6.07, 6.45) is -4.61. The number of carboxylic acid groups (broad SMARTS) is 3. The van der Waals surface area contributed by atoms with E-state index in [-0.39, 0.29) is 30.1 Å². The highest BCUT2D eigenvalue weighted by Crippen LogP contribution is 2.33. The van der Waals surface area contributed by atoms with Crippen LogP contribution in [0.3, 0.4) is 0 Å². The van der Waals surface area contributed by atoms with E-state index in [1.165, 1.54) is 4.57 Å². The van der Waals surface area contributed by atoms with E-state index in [1.54, 1.807) is 0 Å². The number of aromatic nitrogens is 4. The maximum atomic E-state index is 11.7. The molecule has 0 aromatic carbocycles. The number of nitrogens with one attached hydrogen (secondary N) is 1. The van der Waals surface area contributed by atoms with Gasteiger partial charge in [-0.05, 0) is 0 Å². The summed E-state index contributed by atoms with van der Waals surface area (Å²) in [5, 5.41) is 62.4. The van der Waals surface area contributed by atoms with E-state index >= 15 is 0 Å². The quantitative estimate of drug-likeness (QED) is 0.190. The van der Waals surface area contributed by atoms with Crippen molar-refractivity contribution in [3.8, 4) is 6.01 Å². The lowest BCUT2D eigenvalue weighted by Crippen LogP contribution is -2.42. The molecule has 3 heterocycles. The Hall–Kier alpha value is -3.80. The molecule has 1 fully saturated rings. The van der Waals surface area contributed by atoms with E-state index in [0.717, 1.165) is 0 Å². The highest BCUT2D eigenvalue weighted by molar-refractivity contribution is 5.88. The molecule has 0 radical (unpaired) electrons. The third-order valence-electron chi connectivity index (χ3n) is 4.51. The van der Waals surface area contributed by atoms with E-state index in [4.69, 9.17) is 36.0 Å². The van der Waals surface area contributed by atoms with Crippen molar-refractivity contribution >= 4 is 35.0 Å². The van der Waals surface area contributed by atoms with Crippen LogP contribution in [0.25, 0.3) is 11.2 Å². The minimum atomic E-state index is -2.74. The molecule has 10 N–H and O–H groups in total. The number of carboxylic acids is 3. The number of aliphatic hydroxyl groups excluding tert-OH is 2. The monoisotopic (exact) mass is 475 g/mol. The topological polar surface area (TPSA) is 292 Å². The highest BCUT2D eigenvalue weighted by atomic mass is 16.5. The zero-order valence-electron chi connectivity index (χ0n) is 16.7. The summed E-state index contributed by atoms with van der Waals surface area (Å²) in [4.78, 5) is 52.0. The van der Waals surface area contributed by atoms with Crippen molar-refractivity contribution in [1.29, 1.82) is 0 Å². The number of nitrogen functional groups attached to an aromatic ring is 1. The van der Waals surface area contributed by atoms with Gasteiger partial charge in [0.25, 0.3) is 11.6 Å². The molecule has 2 aromatic heterocycles. The molecule has 17 heteroatoms. The van der Waals surface area contributed by atoms with Crippen LogP contribution in [0.2, 0.25) is 0 Å². The number of ether oxygens (including phenoxy) is 1. The van der Waals surface area contributed by atoms with Gasteiger partial charge in [0.15, 0.2) is 16.8 Å². The number of fused-ring (bicyclic) bond motifs is 1. The predicted octanol–water partition coefficient (Wildman–Crippen LogP) is -3.20. The van der Waals surface area contributed by atoms with Crippen molar-refractivity contribution in [2.75, 3.05) is 12.3 Å². The van der Waals surface area contributed by atoms with E-state index in [1.807, 2.05) is 0 Å². The first-order chi connectivity index (χ1) is 15.3. The molecular weight excluding hydrogens is 454 g/mol. The Morgan fingerprint density at radius 3 is 2.21 bits per heavy atom. The molecule has 0 amide bonds. The van der Waals surface area contributed by atoms with Crippen LogP contribution in [0.15, 0.2) is 4.79 Å². The fourth-order valence-corrected chi connectivity index (χ4v) is 3.01. The average Bonchev–Trinajstić information content (AvgIpc) is 3.19. The Morgan fingerprint density at radius 2 is 1.76 bits per heavy atom. The SMILES string of the molecule is Nc1nc2c(nc(O)n2[C@H]2C[C@H](O)[C@@H](CO)O2)c(=O)[nH]1.O=C(O)CC(O)(CC(=O)O)C(=O)O. The molecule has 0 saturated carbocycles. The molecule has 182 valence electrons. The summed E-state index contributed by atoms with van der Waals surface area (Å²) in [6.45, 7) is -0.360. The maximum absolute atomic E-state index is 11.7. The molecule has 3 atom stereocenters. The number of aliphatic carboxylic acids is 3. The van der Waals surface area contributed by atoms with Crippen molar-refractivity contribution in [3.05, 3.63) is 10.4 Å². The Bertz CT molecular complexity index is 1100. The van der Waals surface area contributed by atoms with Gasteiger partial charge in [-0.25, -0.2) is 4.79 Å². The van der Waals surface area contributed by atoms with E-state index in [0.29, 0.717) is 0 Å². The van der Waals surface area contributed by atoms with Crippen molar-refractivity contribution in [2.45, 2.75) is 43.3 Å². The first kappa shape index (κ1) is 25.5. The first-order valence-electron chi connectivity index (χ1n) is 9.09. The average molecular weight is 475 g/mol. The lowest BCUT2D eigenvalue weighted by molar-refractivity contribution is -0.170. The summed E-state index contributed by atoms with van der Waals surface area (Å²) >= 11 is 0. The third-order valence-corrected chi connectivity index (χ3v) is 4.51.